The molecule has 0 radical (unpaired) electrons. The third kappa shape index (κ3) is 13.2. The molecule has 33 heteroatoms. The highest BCUT2D eigenvalue weighted by Crippen LogP contribution is 2.54. The second-order valence-electron chi connectivity index (χ2n) is 16.7. The van der Waals surface area contributed by atoms with E-state index in [1.165, 1.54) is 28.1 Å². The molecule has 4 aliphatic rings. The first-order valence-electron chi connectivity index (χ1n) is 22.8. The minimum Gasteiger partial charge on any atom is -0.387 e. The Morgan fingerprint density at radius 2 is 1.33 bits per heavy atom. The Kier molecular flexibility index (Phi) is 17.5. The van der Waals surface area contributed by atoms with Crippen molar-refractivity contribution in [2.24, 2.45) is 0 Å². The van der Waals surface area contributed by atoms with Crippen molar-refractivity contribution in [3.63, 3.8) is 0 Å². The van der Waals surface area contributed by atoms with Gasteiger partial charge in [-0.2, -0.15) is 4.98 Å². The highest BCUT2D eigenvalue weighted by molar-refractivity contribution is 7.53. The van der Waals surface area contributed by atoms with Gasteiger partial charge >= 0.3 is 15.2 Å². The summed E-state index contributed by atoms with van der Waals surface area (Å²) in [6, 6.07) is 0. The number of imidazole rings is 2. The molecular weight excluding hydrogens is 1010 g/mol. The maximum atomic E-state index is 14.0. The average Bonchev–Trinajstić information content (AvgIpc) is 4.17. The van der Waals surface area contributed by atoms with Crippen LogP contribution in [0.15, 0.2) is 35.9 Å². The van der Waals surface area contributed by atoms with Crippen LogP contribution in [0.1, 0.15) is 25.3 Å². The molecule has 7 N–H and O–H groups in total. The zero-order valence-corrected chi connectivity index (χ0v) is 41.1. The van der Waals surface area contributed by atoms with Crippen molar-refractivity contribution >= 4 is 72.9 Å². The van der Waals surface area contributed by atoms with E-state index in [1.54, 1.807) is 0 Å². The van der Waals surface area contributed by atoms with E-state index in [-0.39, 0.29) is 99.0 Å². The summed E-state index contributed by atoms with van der Waals surface area (Å²) in [6.07, 6.45) is -5.24. The lowest BCUT2D eigenvalue weighted by Crippen LogP contribution is -2.36. The number of aromatic nitrogens is 8. The van der Waals surface area contributed by atoms with E-state index >= 15 is 0 Å². The SMILES string of the molecule is CP1(=O)OC[C@H]2O[C@@H](n3cnc4c(=O)[nH]c(N)nc43)[C@@H](O)C2OP(C)(=O)OC[C@H]2O[C@@H](n3cnc4c(NC(=O)CCOCCOCCOCCOCCNC(=O)CCN5C(=O)C=CC5=O)ncnc43)C(O1)[C@H]2O. The minimum absolute atomic E-state index is 0.00235. The van der Waals surface area contributed by atoms with Gasteiger partial charge in [-0.05, 0) is 0 Å². The molecule has 3 saturated heterocycles. The molecule has 0 saturated carbocycles. The summed E-state index contributed by atoms with van der Waals surface area (Å²) in [5, 5.41) is 28.3. The number of aliphatic hydroxyl groups excluding tert-OH is 2. The number of nitrogens with one attached hydrogen (secondary N) is 3. The van der Waals surface area contributed by atoms with Crippen molar-refractivity contribution in [3.8, 4) is 0 Å². The number of amides is 4. The Bertz CT molecular complexity index is 2810. The molecule has 73 heavy (non-hydrogen) atoms. The number of imide groups is 1. The first-order chi connectivity index (χ1) is 35.0. The molecule has 398 valence electrons. The zero-order valence-electron chi connectivity index (χ0n) is 39.3. The summed E-state index contributed by atoms with van der Waals surface area (Å²) in [5.74, 6) is -1.82. The Labute approximate surface area is 413 Å². The van der Waals surface area contributed by atoms with Crippen molar-refractivity contribution in [3.05, 3.63) is 41.5 Å². The Hall–Kier alpha value is -5.50. The minimum atomic E-state index is -4.17. The number of aromatic amines is 1. The van der Waals surface area contributed by atoms with Gasteiger partial charge in [-0.3, -0.25) is 61.2 Å². The molecule has 8 heterocycles. The molecule has 4 aromatic rings. The van der Waals surface area contributed by atoms with Crippen LogP contribution < -0.4 is 21.9 Å². The first kappa shape index (κ1) is 53.8. The standard InChI is InChI=1S/C40H54N12O19P2/c1-72(60)66-17-22-30(57)33(71-73(2,61)67-18-23-32(70-72)31(58)38(69-23)52-21-46-29-36(52)48-40(41)49-37(29)59)39(68-22)51-20-45-28-34(43-19-44-35(28)51)47-25(54)6-9-62-11-13-64-15-16-65-14-12-63-10-7-42-24(53)5-8-50-26(55)3-4-27(50)56/h3-4,19-23,30-33,38-39,57-58H,5-18H2,1-2H3,(H,42,53)(H3,41,48,49,59)(H,43,44,47,54)/t22-,23-,30+,31+,32?,33?,38-,39-,72?,73?/m1/s1. The number of aliphatic hydroxyl groups is 2. The van der Waals surface area contributed by atoms with Crippen LogP contribution in [0.2, 0.25) is 0 Å². The second kappa shape index (κ2) is 23.8. The number of fused-ring (bicyclic) bond motifs is 5. The molecule has 8 rings (SSSR count). The topological polar surface area (TPSA) is 396 Å². The number of carbonyl (C=O) groups is 4. The van der Waals surface area contributed by atoms with E-state index in [4.69, 9.17) is 52.2 Å². The molecule has 4 aliphatic heterocycles. The van der Waals surface area contributed by atoms with E-state index in [9.17, 15) is 43.3 Å². The number of nitrogens with zero attached hydrogens (tertiary/aromatic N) is 8. The van der Waals surface area contributed by atoms with E-state index < -0.39 is 101 Å². The van der Waals surface area contributed by atoms with Crippen molar-refractivity contribution in [2.45, 2.75) is 61.9 Å². The molecule has 4 unspecified atom stereocenters. The Balaban J connectivity index is 0.768. The van der Waals surface area contributed by atoms with Gasteiger partial charge < -0.3 is 64.0 Å². The number of carbonyl (C=O) groups excluding carboxylic acids is 4. The fourth-order valence-electron chi connectivity index (χ4n) is 7.92. The number of H-pyrrole nitrogens is 1. The maximum Gasteiger partial charge on any atom is 0.328 e. The Morgan fingerprint density at radius 3 is 2.01 bits per heavy atom. The third-order valence-electron chi connectivity index (χ3n) is 11.4. The maximum absolute atomic E-state index is 14.0. The van der Waals surface area contributed by atoms with Gasteiger partial charge in [0.15, 0.2) is 40.6 Å². The molecule has 2 bridgehead atoms. The van der Waals surface area contributed by atoms with Gasteiger partial charge in [-0.1, -0.05) is 0 Å². The number of nitrogen functional groups attached to an aromatic ring is 1. The van der Waals surface area contributed by atoms with Crippen LogP contribution >= 0.6 is 15.2 Å². The van der Waals surface area contributed by atoms with Crippen LogP contribution in [-0.2, 0) is 74.8 Å². The van der Waals surface area contributed by atoms with E-state index in [0.717, 1.165) is 30.4 Å². The number of rotatable bonds is 21. The molecule has 0 spiro atoms. The normalized spacial score (nSPS) is 28.6. The van der Waals surface area contributed by atoms with E-state index in [0.29, 0.717) is 19.8 Å². The highest BCUT2D eigenvalue weighted by Gasteiger charge is 2.53. The molecule has 3 fully saturated rings. The predicted octanol–water partition coefficient (Wildman–Crippen LogP) is -1.65. The number of hydrogen-bond acceptors (Lipinski definition) is 25. The van der Waals surface area contributed by atoms with Crippen LogP contribution in [0.3, 0.4) is 0 Å². The van der Waals surface area contributed by atoms with E-state index in [1.807, 2.05) is 0 Å². The van der Waals surface area contributed by atoms with Crippen LogP contribution in [0, 0.1) is 0 Å². The number of anilines is 2. The molecule has 31 nitrogen and oxygen atoms in total. The van der Waals surface area contributed by atoms with Crippen LogP contribution in [0.4, 0.5) is 11.8 Å². The summed E-state index contributed by atoms with van der Waals surface area (Å²) >= 11 is 0. The van der Waals surface area contributed by atoms with Gasteiger partial charge in [0.2, 0.25) is 17.8 Å². The monoisotopic (exact) mass is 1070 g/mol. The molecular formula is C40H54N12O19P2. The van der Waals surface area contributed by atoms with Crippen molar-refractivity contribution < 1.29 is 85.0 Å². The molecule has 0 aromatic carbocycles. The largest absolute Gasteiger partial charge is 0.387 e. The van der Waals surface area contributed by atoms with Gasteiger partial charge in [-0.15, -0.1) is 0 Å². The van der Waals surface area contributed by atoms with E-state index in [2.05, 4.69) is 40.5 Å². The molecule has 0 aliphatic carbocycles. The van der Waals surface area contributed by atoms with Crippen molar-refractivity contribution in [1.82, 2.24) is 49.3 Å². The molecule has 4 amide bonds. The average molecular weight is 1070 g/mol. The molecule has 4 aromatic heterocycles. The quantitative estimate of drug-likeness (QED) is 0.0309. The van der Waals surface area contributed by atoms with Gasteiger partial charge in [0, 0.05) is 45.0 Å². The zero-order chi connectivity index (χ0) is 51.9. The van der Waals surface area contributed by atoms with Gasteiger partial charge in [-0.25, -0.2) is 19.9 Å². The predicted molar refractivity (Wildman–Crippen MR) is 246 cm³/mol. The fourth-order valence-corrected chi connectivity index (χ4v) is 10.3. The third-order valence-corrected chi connectivity index (χ3v) is 13.9. The second-order valence-corrected chi connectivity index (χ2v) is 20.7. The van der Waals surface area contributed by atoms with Crippen LogP contribution in [-0.4, -0.2) is 207 Å². The van der Waals surface area contributed by atoms with Gasteiger partial charge in [0.25, 0.3) is 17.4 Å². The van der Waals surface area contributed by atoms with Crippen LogP contribution in [0.25, 0.3) is 22.3 Å². The summed E-state index contributed by atoms with van der Waals surface area (Å²) in [7, 11) is -8.29. The summed E-state index contributed by atoms with van der Waals surface area (Å²) in [5.41, 5.74) is 5.23. The number of hydrogen-bond donors (Lipinski definition) is 6. The first-order valence-corrected chi connectivity index (χ1v) is 26.8. The number of nitrogens with two attached hydrogens (primary N) is 1. The summed E-state index contributed by atoms with van der Waals surface area (Å²) in [6.45, 7) is 3.39. The van der Waals surface area contributed by atoms with Crippen molar-refractivity contribution in [1.29, 1.82) is 0 Å². The van der Waals surface area contributed by atoms with Crippen LogP contribution in [0.5, 0.6) is 0 Å². The molecule has 10 atom stereocenters. The smallest absolute Gasteiger partial charge is 0.328 e. The summed E-state index contributed by atoms with van der Waals surface area (Å²) in [4.78, 5) is 84.7. The lowest BCUT2D eigenvalue weighted by Gasteiger charge is -2.27. The fraction of sp³-hybridized carbons (Fsp3) is 0.600. The lowest BCUT2D eigenvalue weighted by atomic mass is 10.1. The van der Waals surface area contributed by atoms with Gasteiger partial charge in [0.1, 0.15) is 43.0 Å². The Morgan fingerprint density at radius 1 is 0.740 bits per heavy atom. The number of ether oxygens (including phenoxy) is 6. The highest BCUT2D eigenvalue weighted by atomic mass is 31.2. The van der Waals surface area contributed by atoms with Crippen molar-refractivity contribution in [2.75, 3.05) is 104 Å². The lowest BCUT2D eigenvalue weighted by molar-refractivity contribution is -0.137. The van der Waals surface area contributed by atoms with Gasteiger partial charge in [0.05, 0.1) is 85.1 Å². The summed E-state index contributed by atoms with van der Waals surface area (Å²) < 4.78 is 87.8.